The summed E-state index contributed by atoms with van der Waals surface area (Å²) in [4.78, 5) is 24.8. The highest BCUT2D eigenvalue weighted by Gasteiger charge is 2.59. The van der Waals surface area contributed by atoms with Crippen LogP contribution in [0, 0.1) is 23.7 Å². The number of hydrogen-bond acceptors (Lipinski definition) is 4. The fourth-order valence-corrected chi connectivity index (χ4v) is 3.73. The summed E-state index contributed by atoms with van der Waals surface area (Å²) in [5.41, 5.74) is 0.647. The number of fused-ring (bicyclic) bond motifs is 5. The van der Waals surface area contributed by atoms with Crippen molar-refractivity contribution in [2.75, 3.05) is 0 Å². The van der Waals surface area contributed by atoms with Gasteiger partial charge in [0.15, 0.2) is 0 Å². The van der Waals surface area contributed by atoms with E-state index in [0.717, 1.165) is 11.4 Å². The lowest BCUT2D eigenvalue weighted by molar-refractivity contribution is -0.140. The van der Waals surface area contributed by atoms with E-state index in [9.17, 15) is 14.7 Å². The normalized spacial score (nSPS) is 33.4. The standard InChI is InChI=1S/C16H14N2O3/c19-12-3-1-2-9(6-12)8-17-18-15(20)13-10-4-5-11(7-10)14(13)16(18)21/h1-6,8,10-11,13-14,19H,7H2/b17-8-/t10-,11-,13+,14+/m1/s1. The van der Waals surface area contributed by atoms with Crippen LogP contribution in [0.4, 0.5) is 0 Å². The summed E-state index contributed by atoms with van der Waals surface area (Å²) >= 11 is 0. The molecule has 1 aromatic carbocycles. The molecule has 3 aliphatic rings. The van der Waals surface area contributed by atoms with Crippen LogP contribution in [0.5, 0.6) is 5.75 Å². The molecule has 1 aromatic rings. The number of nitrogens with zero attached hydrogens (tertiary/aromatic N) is 2. The Labute approximate surface area is 121 Å². The molecule has 1 saturated carbocycles. The van der Waals surface area contributed by atoms with Gasteiger partial charge >= 0.3 is 0 Å². The zero-order chi connectivity index (χ0) is 14.6. The van der Waals surface area contributed by atoms with Crippen LogP contribution in [0.15, 0.2) is 41.5 Å². The van der Waals surface area contributed by atoms with Gasteiger partial charge in [-0.1, -0.05) is 24.3 Å². The van der Waals surface area contributed by atoms with Crippen molar-refractivity contribution in [1.29, 1.82) is 0 Å². The van der Waals surface area contributed by atoms with E-state index < -0.39 is 0 Å². The molecule has 1 aliphatic heterocycles. The third kappa shape index (κ3) is 1.73. The molecule has 1 heterocycles. The Balaban J connectivity index is 1.60. The Morgan fingerprint density at radius 2 is 1.81 bits per heavy atom. The van der Waals surface area contributed by atoms with E-state index in [0.29, 0.717) is 5.56 Å². The molecule has 4 atom stereocenters. The van der Waals surface area contributed by atoms with Crippen molar-refractivity contribution in [1.82, 2.24) is 5.01 Å². The predicted octanol–water partition coefficient (Wildman–Crippen LogP) is 1.53. The number of hydrogen-bond donors (Lipinski definition) is 1. The number of amides is 2. The van der Waals surface area contributed by atoms with Crippen LogP contribution in [0.3, 0.4) is 0 Å². The van der Waals surface area contributed by atoms with E-state index in [1.807, 2.05) is 0 Å². The quantitative estimate of drug-likeness (QED) is 0.508. The Hall–Kier alpha value is -2.43. The highest BCUT2D eigenvalue weighted by molar-refractivity contribution is 6.06. The molecule has 2 bridgehead atoms. The van der Waals surface area contributed by atoms with Gasteiger partial charge in [-0.3, -0.25) is 9.59 Å². The van der Waals surface area contributed by atoms with Gasteiger partial charge in [0.2, 0.25) is 0 Å². The van der Waals surface area contributed by atoms with Crippen LogP contribution >= 0.6 is 0 Å². The molecular weight excluding hydrogens is 268 g/mol. The minimum Gasteiger partial charge on any atom is -0.508 e. The number of rotatable bonds is 2. The summed E-state index contributed by atoms with van der Waals surface area (Å²) in [5, 5.41) is 14.5. The Bertz CT molecular complexity index is 665. The average Bonchev–Trinajstić information content (AvgIpc) is 3.12. The zero-order valence-electron chi connectivity index (χ0n) is 11.2. The summed E-state index contributed by atoms with van der Waals surface area (Å²) in [5.74, 6) is -0.342. The Kier molecular flexibility index (Phi) is 2.51. The van der Waals surface area contributed by atoms with Crippen molar-refractivity contribution in [3.63, 3.8) is 0 Å². The number of carbonyl (C=O) groups is 2. The van der Waals surface area contributed by atoms with Gasteiger partial charge in [-0.2, -0.15) is 10.1 Å². The number of carbonyl (C=O) groups excluding carboxylic acids is 2. The predicted molar refractivity (Wildman–Crippen MR) is 75.3 cm³/mol. The molecule has 1 saturated heterocycles. The first-order valence-corrected chi connectivity index (χ1v) is 7.04. The van der Waals surface area contributed by atoms with E-state index in [-0.39, 0.29) is 41.2 Å². The molecule has 0 unspecified atom stereocenters. The lowest BCUT2D eigenvalue weighted by Crippen LogP contribution is -2.28. The lowest BCUT2D eigenvalue weighted by atomic mass is 9.85. The smallest absolute Gasteiger partial charge is 0.254 e. The lowest BCUT2D eigenvalue weighted by Gasteiger charge is -2.13. The van der Waals surface area contributed by atoms with E-state index in [1.54, 1.807) is 18.2 Å². The topological polar surface area (TPSA) is 70.0 Å². The Morgan fingerprint density at radius 3 is 2.43 bits per heavy atom. The van der Waals surface area contributed by atoms with E-state index in [4.69, 9.17) is 0 Å². The van der Waals surface area contributed by atoms with Crippen LogP contribution in [0.2, 0.25) is 0 Å². The van der Waals surface area contributed by atoms with Gasteiger partial charge in [0.25, 0.3) is 11.8 Å². The summed E-state index contributed by atoms with van der Waals surface area (Å²) in [7, 11) is 0. The van der Waals surface area contributed by atoms with Gasteiger partial charge in [0.1, 0.15) is 5.75 Å². The molecular formula is C16H14N2O3. The van der Waals surface area contributed by atoms with Crippen molar-refractivity contribution in [3.05, 3.63) is 42.0 Å². The molecule has 1 N–H and O–H groups in total. The molecule has 5 nitrogen and oxygen atoms in total. The van der Waals surface area contributed by atoms with E-state index >= 15 is 0 Å². The molecule has 5 heteroatoms. The van der Waals surface area contributed by atoms with Crippen molar-refractivity contribution in [2.45, 2.75) is 6.42 Å². The van der Waals surface area contributed by atoms with Crippen LogP contribution in [-0.2, 0) is 9.59 Å². The number of benzene rings is 1. The van der Waals surface area contributed by atoms with Crippen molar-refractivity contribution >= 4 is 18.0 Å². The number of aromatic hydroxyl groups is 1. The molecule has 2 amide bonds. The van der Waals surface area contributed by atoms with Crippen molar-refractivity contribution in [3.8, 4) is 5.75 Å². The zero-order valence-corrected chi connectivity index (χ0v) is 11.2. The van der Waals surface area contributed by atoms with Gasteiger partial charge in [0.05, 0.1) is 18.1 Å². The van der Waals surface area contributed by atoms with Gasteiger partial charge < -0.3 is 5.11 Å². The highest BCUT2D eigenvalue weighted by Crippen LogP contribution is 2.52. The first-order valence-electron chi connectivity index (χ1n) is 7.04. The van der Waals surface area contributed by atoms with Gasteiger partial charge in [-0.15, -0.1) is 0 Å². The fraction of sp³-hybridized carbons (Fsp3) is 0.312. The largest absolute Gasteiger partial charge is 0.508 e. The molecule has 0 aromatic heterocycles. The summed E-state index contributed by atoms with van der Waals surface area (Å²) in [6, 6.07) is 6.52. The minimum absolute atomic E-state index is 0.122. The highest BCUT2D eigenvalue weighted by atomic mass is 16.3. The van der Waals surface area contributed by atoms with Gasteiger partial charge in [0, 0.05) is 0 Å². The Morgan fingerprint density at radius 1 is 1.14 bits per heavy atom. The van der Waals surface area contributed by atoms with Crippen LogP contribution < -0.4 is 0 Å². The second-order valence-electron chi connectivity index (χ2n) is 5.83. The van der Waals surface area contributed by atoms with Crippen LogP contribution in [0.25, 0.3) is 0 Å². The monoisotopic (exact) mass is 282 g/mol. The molecule has 0 spiro atoms. The molecule has 2 aliphatic carbocycles. The summed E-state index contributed by atoms with van der Waals surface area (Å²) in [6.07, 6.45) is 6.46. The van der Waals surface area contributed by atoms with Gasteiger partial charge in [-0.05, 0) is 36.0 Å². The summed E-state index contributed by atoms with van der Waals surface area (Å²) < 4.78 is 0. The number of imide groups is 1. The SMILES string of the molecule is O=C1[C@@H]2[C@@H](C(=O)N1/N=C\c1cccc(O)c1)[C@@H]1C=C[C@@H]2C1. The number of allylic oxidation sites excluding steroid dienone is 2. The minimum atomic E-state index is -0.228. The van der Waals surface area contributed by atoms with Crippen LogP contribution in [-0.4, -0.2) is 28.1 Å². The number of phenolic OH excluding ortho intramolecular Hbond substituents is 1. The summed E-state index contributed by atoms with van der Waals surface area (Å²) in [6.45, 7) is 0. The molecule has 2 fully saturated rings. The third-order valence-corrected chi connectivity index (χ3v) is 4.64. The fourth-order valence-electron chi connectivity index (χ4n) is 3.73. The number of hydrazone groups is 1. The second kappa shape index (κ2) is 4.28. The molecule has 0 radical (unpaired) electrons. The van der Waals surface area contributed by atoms with Crippen LogP contribution in [0.1, 0.15) is 12.0 Å². The van der Waals surface area contributed by atoms with Gasteiger partial charge in [-0.25, -0.2) is 0 Å². The maximum Gasteiger partial charge on any atom is 0.254 e. The van der Waals surface area contributed by atoms with E-state index in [1.165, 1.54) is 12.3 Å². The number of phenols is 1. The molecule has 106 valence electrons. The maximum atomic E-state index is 12.4. The van der Waals surface area contributed by atoms with Crippen molar-refractivity contribution < 1.29 is 14.7 Å². The molecule has 4 rings (SSSR count). The average molecular weight is 282 g/mol. The second-order valence-corrected chi connectivity index (χ2v) is 5.83. The first-order chi connectivity index (χ1) is 10.1. The first kappa shape index (κ1) is 12.3. The third-order valence-electron chi connectivity index (χ3n) is 4.64. The van der Waals surface area contributed by atoms with E-state index in [2.05, 4.69) is 17.3 Å². The molecule has 21 heavy (non-hydrogen) atoms. The maximum absolute atomic E-state index is 12.4. The van der Waals surface area contributed by atoms with Crippen molar-refractivity contribution in [2.24, 2.45) is 28.8 Å².